The minimum Gasteiger partial charge on any atom is -0.392 e. The molecule has 0 saturated carbocycles. The van der Waals surface area contributed by atoms with Gasteiger partial charge < -0.3 is 10.4 Å². The SMILES string of the molecule is CC1CCN(C(C)C(=O)Nc2ccc(C#N)cc2)CC1O. The van der Waals surface area contributed by atoms with Gasteiger partial charge in [0.25, 0.3) is 0 Å². The van der Waals surface area contributed by atoms with Crippen LogP contribution in [0.5, 0.6) is 0 Å². The molecular formula is C16H21N3O2. The first-order chi connectivity index (χ1) is 10.0. The molecule has 0 radical (unpaired) electrons. The lowest BCUT2D eigenvalue weighted by atomic mass is 9.95. The van der Waals surface area contributed by atoms with E-state index in [2.05, 4.69) is 5.32 Å². The molecule has 1 aromatic carbocycles. The number of β-amino-alcohol motifs (C(OH)–C–C–N with tert-alkyl or cyclic N) is 1. The first-order valence-corrected chi connectivity index (χ1v) is 7.24. The molecule has 3 atom stereocenters. The molecule has 112 valence electrons. The van der Waals surface area contributed by atoms with Gasteiger partial charge in [-0.15, -0.1) is 0 Å². The topological polar surface area (TPSA) is 76.4 Å². The Kier molecular flexibility index (Phi) is 4.94. The van der Waals surface area contributed by atoms with Crippen molar-refractivity contribution < 1.29 is 9.90 Å². The lowest BCUT2D eigenvalue weighted by Gasteiger charge is -2.37. The van der Waals surface area contributed by atoms with Gasteiger partial charge in [-0.05, 0) is 50.1 Å². The van der Waals surface area contributed by atoms with Gasteiger partial charge in [0.05, 0.1) is 23.8 Å². The van der Waals surface area contributed by atoms with Crippen molar-refractivity contribution in [2.75, 3.05) is 18.4 Å². The molecule has 1 heterocycles. The number of nitriles is 1. The smallest absolute Gasteiger partial charge is 0.241 e. The van der Waals surface area contributed by atoms with E-state index in [9.17, 15) is 9.90 Å². The summed E-state index contributed by atoms with van der Waals surface area (Å²) in [5, 5.41) is 21.5. The van der Waals surface area contributed by atoms with Crippen LogP contribution in [-0.2, 0) is 4.79 Å². The van der Waals surface area contributed by atoms with Crippen LogP contribution in [0.15, 0.2) is 24.3 Å². The molecule has 5 nitrogen and oxygen atoms in total. The number of anilines is 1. The van der Waals surface area contributed by atoms with Crippen molar-refractivity contribution in [1.29, 1.82) is 5.26 Å². The molecule has 1 amide bonds. The van der Waals surface area contributed by atoms with Crippen LogP contribution in [-0.4, -0.2) is 41.1 Å². The number of aliphatic hydroxyl groups is 1. The van der Waals surface area contributed by atoms with Crippen molar-refractivity contribution in [1.82, 2.24) is 4.90 Å². The number of benzene rings is 1. The number of nitrogens with one attached hydrogen (secondary N) is 1. The Morgan fingerprint density at radius 2 is 2.14 bits per heavy atom. The number of nitrogens with zero attached hydrogens (tertiary/aromatic N) is 2. The first-order valence-electron chi connectivity index (χ1n) is 7.24. The Morgan fingerprint density at radius 1 is 1.48 bits per heavy atom. The van der Waals surface area contributed by atoms with Crippen molar-refractivity contribution in [3.05, 3.63) is 29.8 Å². The zero-order chi connectivity index (χ0) is 15.4. The van der Waals surface area contributed by atoms with Crippen molar-refractivity contribution in [2.24, 2.45) is 5.92 Å². The summed E-state index contributed by atoms with van der Waals surface area (Å²) in [6.07, 6.45) is 0.527. The number of amides is 1. The largest absolute Gasteiger partial charge is 0.392 e. The molecule has 1 aromatic rings. The quantitative estimate of drug-likeness (QED) is 0.885. The van der Waals surface area contributed by atoms with Crippen LogP contribution in [0.4, 0.5) is 5.69 Å². The summed E-state index contributed by atoms with van der Waals surface area (Å²) in [7, 11) is 0. The average molecular weight is 287 g/mol. The Hall–Kier alpha value is -1.90. The van der Waals surface area contributed by atoms with Gasteiger partial charge >= 0.3 is 0 Å². The van der Waals surface area contributed by atoms with Crippen LogP contribution in [0, 0.1) is 17.2 Å². The number of aliphatic hydroxyl groups excluding tert-OH is 1. The van der Waals surface area contributed by atoms with Gasteiger partial charge in [0.15, 0.2) is 0 Å². The molecule has 1 fully saturated rings. The maximum atomic E-state index is 12.3. The van der Waals surface area contributed by atoms with E-state index in [0.717, 1.165) is 13.0 Å². The molecule has 0 aliphatic carbocycles. The molecule has 2 rings (SSSR count). The molecular weight excluding hydrogens is 266 g/mol. The lowest BCUT2D eigenvalue weighted by Crippen LogP contribution is -2.50. The maximum Gasteiger partial charge on any atom is 0.241 e. The summed E-state index contributed by atoms with van der Waals surface area (Å²) in [5.41, 5.74) is 1.24. The molecule has 21 heavy (non-hydrogen) atoms. The summed E-state index contributed by atoms with van der Waals surface area (Å²) in [6, 6.07) is 8.54. The number of hydrogen-bond donors (Lipinski definition) is 2. The van der Waals surface area contributed by atoms with E-state index in [-0.39, 0.29) is 24.0 Å². The lowest BCUT2D eigenvalue weighted by molar-refractivity contribution is -0.122. The number of hydrogen-bond acceptors (Lipinski definition) is 4. The van der Waals surface area contributed by atoms with E-state index >= 15 is 0 Å². The molecule has 1 aliphatic heterocycles. The van der Waals surface area contributed by atoms with Gasteiger partial charge in [-0.25, -0.2) is 0 Å². The van der Waals surface area contributed by atoms with Crippen LogP contribution >= 0.6 is 0 Å². The third-order valence-corrected chi connectivity index (χ3v) is 4.16. The number of piperidine rings is 1. The summed E-state index contributed by atoms with van der Waals surface area (Å²) >= 11 is 0. The second-order valence-electron chi connectivity index (χ2n) is 5.68. The van der Waals surface area contributed by atoms with Gasteiger partial charge in [-0.3, -0.25) is 9.69 Å². The van der Waals surface area contributed by atoms with E-state index in [4.69, 9.17) is 5.26 Å². The molecule has 0 bridgehead atoms. The maximum absolute atomic E-state index is 12.3. The van der Waals surface area contributed by atoms with Crippen molar-refractivity contribution in [2.45, 2.75) is 32.4 Å². The zero-order valence-electron chi connectivity index (χ0n) is 12.4. The summed E-state index contributed by atoms with van der Waals surface area (Å²) < 4.78 is 0. The fourth-order valence-corrected chi connectivity index (χ4v) is 2.47. The highest BCUT2D eigenvalue weighted by Gasteiger charge is 2.30. The Balaban J connectivity index is 1.94. The van der Waals surface area contributed by atoms with Gasteiger partial charge in [0.2, 0.25) is 5.91 Å². The van der Waals surface area contributed by atoms with E-state index in [0.29, 0.717) is 17.8 Å². The van der Waals surface area contributed by atoms with Crippen molar-refractivity contribution in [3.63, 3.8) is 0 Å². The van der Waals surface area contributed by atoms with E-state index in [1.807, 2.05) is 24.8 Å². The van der Waals surface area contributed by atoms with Crippen molar-refractivity contribution >= 4 is 11.6 Å². The van der Waals surface area contributed by atoms with E-state index < -0.39 is 0 Å². The average Bonchev–Trinajstić information content (AvgIpc) is 2.50. The molecule has 1 aliphatic rings. The second kappa shape index (κ2) is 6.70. The molecule has 1 saturated heterocycles. The van der Waals surface area contributed by atoms with E-state index in [1.54, 1.807) is 24.3 Å². The van der Waals surface area contributed by atoms with Crippen LogP contribution in [0.1, 0.15) is 25.8 Å². The summed E-state index contributed by atoms with van der Waals surface area (Å²) in [6.45, 7) is 5.23. The van der Waals surface area contributed by atoms with Crippen LogP contribution < -0.4 is 5.32 Å². The highest BCUT2D eigenvalue weighted by Crippen LogP contribution is 2.19. The number of carbonyl (C=O) groups excluding carboxylic acids is 1. The molecule has 5 heteroatoms. The monoisotopic (exact) mass is 287 g/mol. The fourth-order valence-electron chi connectivity index (χ4n) is 2.47. The van der Waals surface area contributed by atoms with Gasteiger partial charge in [-0.1, -0.05) is 6.92 Å². The van der Waals surface area contributed by atoms with Gasteiger partial charge in [0.1, 0.15) is 0 Å². The minimum absolute atomic E-state index is 0.0959. The van der Waals surface area contributed by atoms with Gasteiger partial charge in [0, 0.05) is 12.2 Å². The highest BCUT2D eigenvalue weighted by atomic mass is 16.3. The molecule has 3 unspecified atom stereocenters. The number of carbonyl (C=O) groups is 1. The van der Waals surface area contributed by atoms with Crippen LogP contribution in [0.3, 0.4) is 0 Å². The first kappa shape index (κ1) is 15.5. The third-order valence-electron chi connectivity index (χ3n) is 4.16. The standard InChI is InChI=1S/C16H21N3O2/c1-11-7-8-19(10-15(11)20)12(2)16(21)18-14-5-3-13(9-17)4-6-14/h3-6,11-12,15,20H,7-8,10H2,1-2H3,(H,18,21). The molecule has 2 N–H and O–H groups in total. The van der Waals surface area contributed by atoms with E-state index in [1.165, 1.54) is 0 Å². The predicted molar refractivity (Wildman–Crippen MR) is 80.6 cm³/mol. The molecule has 0 aromatic heterocycles. The Labute approximate surface area is 125 Å². The normalized spacial score (nSPS) is 24.1. The van der Waals surface area contributed by atoms with Crippen LogP contribution in [0.2, 0.25) is 0 Å². The zero-order valence-corrected chi connectivity index (χ0v) is 12.4. The number of likely N-dealkylation sites (tertiary alicyclic amines) is 1. The summed E-state index contributed by atoms with van der Waals surface area (Å²) in [4.78, 5) is 14.3. The second-order valence-corrected chi connectivity index (χ2v) is 5.68. The van der Waals surface area contributed by atoms with Crippen molar-refractivity contribution in [3.8, 4) is 6.07 Å². The minimum atomic E-state index is -0.371. The predicted octanol–water partition coefficient (Wildman–Crippen LogP) is 1.59. The fraction of sp³-hybridized carbons (Fsp3) is 0.500. The Morgan fingerprint density at radius 3 is 2.71 bits per heavy atom. The molecule has 0 spiro atoms. The third kappa shape index (κ3) is 3.81. The Bertz CT molecular complexity index is 535. The summed E-state index contributed by atoms with van der Waals surface area (Å²) in [5.74, 6) is 0.191. The van der Waals surface area contributed by atoms with Crippen LogP contribution in [0.25, 0.3) is 0 Å². The highest BCUT2D eigenvalue weighted by molar-refractivity contribution is 5.94. The van der Waals surface area contributed by atoms with Gasteiger partial charge in [-0.2, -0.15) is 5.26 Å². The number of rotatable bonds is 3.